The topological polar surface area (TPSA) is 26.3 Å². The third kappa shape index (κ3) is 2.62. The predicted molar refractivity (Wildman–Crippen MR) is 57.2 cm³/mol. The summed E-state index contributed by atoms with van der Waals surface area (Å²) < 4.78 is 5.42. The summed E-state index contributed by atoms with van der Waals surface area (Å²) in [7, 11) is 7.92. The molecular formula is C8H6BrClO2S. The number of esters is 1. The van der Waals surface area contributed by atoms with Crippen molar-refractivity contribution in [3.8, 4) is 0 Å². The fraction of sp³-hybridized carbons (Fsp3) is 0.125. The maximum atomic E-state index is 11.2. The number of carbonyl (C=O) groups is 1. The van der Waals surface area contributed by atoms with Crippen molar-refractivity contribution in [2.24, 2.45) is 0 Å². The van der Waals surface area contributed by atoms with E-state index in [1.54, 1.807) is 12.1 Å². The van der Waals surface area contributed by atoms with E-state index in [2.05, 4.69) is 20.7 Å². The Bertz CT molecular complexity index is 330. The van der Waals surface area contributed by atoms with Crippen molar-refractivity contribution in [3.63, 3.8) is 0 Å². The number of methoxy groups -OCH3 is 1. The molecule has 0 amide bonds. The maximum Gasteiger partial charge on any atom is 0.339 e. The fourth-order valence-corrected chi connectivity index (χ4v) is 1.95. The van der Waals surface area contributed by atoms with Gasteiger partial charge in [-0.15, -0.1) is 0 Å². The Hall–Kier alpha value is -0.190. The van der Waals surface area contributed by atoms with Gasteiger partial charge in [0.2, 0.25) is 0 Å². The van der Waals surface area contributed by atoms with Crippen molar-refractivity contribution in [1.29, 1.82) is 0 Å². The molecule has 0 atom stereocenters. The number of halogens is 2. The molecule has 0 spiro atoms. The van der Waals surface area contributed by atoms with Gasteiger partial charge in [0.1, 0.15) is 0 Å². The maximum absolute atomic E-state index is 11.2. The molecule has 0 aliphatic heterocycles. The van der Waals surface area contributed by atoms with Gasteiger partial charge in [-0.2, -0.15) is 0 Å². The van der Waals surface area contributed by atoms with E-state index in [1.165, 1.54) is 7.11 Å². The number of hydrogen-bond acceptors (Lipinski definition) is 3. The van der Waals surface area contributed by atoms with Gasteiger partial charge >= 0.3 is 5.97 Å². The molecule has 0 saturated heterocycles. The molecule has 1 aromatic carbocycles. The van der Waals surface area contributed by atoms with E-state index in [4.69, 9.17) is 10.7 Å². The van der Waals surface area contributed by atoms with Crippen molar-refractivity contribution in [1.82, 2.24) is 0 Å². The van der Waals surface area contributed by atoms with E-state index in [0.29, 0.717) is 10.5 Å². The number of ether oxygens (including phenoxy) is 1. The zero-order valence-electron chi connectivity index (χ0n) is 6.71. The van der Waals surface area contributed by atoms with Crippen LogP contribution in [0.5, 0.6) is 0 Å². The SMILES string of the molecule is COC(=O)c1cc(Br)ccc1SCl. The first-order chi connectivity index (χ1) is 6.19. The minimum atomic E-state index is -0.385. The van der Waals surface area contributed by atoms with Crippen LogP contribution in [-0.2, 0) is 4.74 Å². The van der Waals surface area contributed by atoms with Gasteiger partial charge in [0.25, 0.3) is 0 Å². The minimum Gasteiger partial charge on any atom is -0.465 e. The Morgan fingerprint density at radius 1 is 1.62 bits per heavy atom. The van der Waals surface area contributed by atoms with Crippen LogP contribution >= 0.6 is 37.6 Å². The summed E-state index contributed by atoms with van der Waals surface area (Å²) in [5, 5.41) is 0. The van der Waals surface area contributed by atoms with Crippen LogP contribution in [0.2, 0.25) is 0 Å². The van der Waals surface area contributed by atoms with Crippen LogP contribution in [0, 0.1) is 0 Å². The molecule has 2 nitrogen and oxygen atoms in total. The normalized spacial score (nSPS) is 9.77. The molecule has 70 valence electrons. The lowest BCUT2D eigenvalue weighted by atomic mass is 10.2. The van der Waals surface area contributed by atoms with Gasteiger partial charge in [0.15, 0.2) is 0 Å². The Labute approximate surface area is 93.2 Å². The second kappa shape index (κ2) is 4.88. The zero-order valence-corrected chi connectivity index (χ0v) is 9.87. The number of benzene rings is 1. The number of hydrogen-bond donors (Lipinski definition) is 0. The molecule has 0 fully saturated rings. The van der Waals surface area contributed by atoms with E-state index in [0.717, 1.165) is 15.4 Å². The highest BCUT2D eigenvalue weighted by Gasteiger charge is 2.11. The summed E-state index contributed by atoms with van der Waals surface area (Å²) in [5.41, 5.74) is 0.469. The van der Waals surface area contributed by atoms with Crippen LogP contribution in [0.15, 0.2) is 27.6 Å². The second-order valence-corrected chi connectivity index (χ2v) is 4.18. The molecule has 0 aliphatic rings. The van der Waals surface area contributed by atoms with Crippen LogP contribution < -0.4 is 0 Å². The highest BCUT2D eigenvalue weighted by molar-refractivity contribution is 9.10. The molecule has 0 saturated carbocycles. The molecule has 0 aliphatic carbocycles. The van der Waals surface area contributed by atoms with Gasteiger partial charge < -0.3 is 4.74 Å². The summed E-state index contributed by atoms with van der Waals surface area (Å²) in [4.78, 5) is 11.9. The van der Waals surface area contributed by atoms with Crippen molar-refractivity contribution < 1.29 is 9.53 Å². The summed E-state index contributed by atoms with van der Waals surface area (Å²) >= 11 is 3.26. The van der Waals surface area contributed by atoms with Crippen molar-refractivity contribution >= 4 is 43.6 Å². The highest BCUT2D eigenvalue weighted by Crippen LogP contribution is 2.28. The van der Waals surface area contributed by atoms with Crippen LogP contribution in [0.1, 0.15) is 10.4 Å². The Balaban J connectivity index is 3.15. The van der Waals surface area contributed by atoms with Crippen molar-refractivity contribution in [2.45, 2.75) is 4.90 Å². The van der Waals surface area contributed by atoms with Crippen LogP contribution in [0.25, 0.3) is 0 Å². The van der Waals surface area contributed by atoms with E-state index in [1.807, 2.05) is 6.07 Å². The molecule has 0 bridgehead atoms. The van der Waals surface area contributed by atoms with E-state index in [-0.39, 0.29) is 5.97 Å². The van der Waals surface area contributed by atoms with Gasteiger partial charge in [-0.1, -0.05) is 15.9 Å². The quantitative estimate of drug-likeness (QED) is 0.776. The predicted octanol–water partition coefficient (Wildman–Crippen LogP) is 3.48. The van der Waals surface area contributed by atoms with Gasteiger partial charge in [0, 0.05) is 9.37 Å². The van der Waals surface area contributed by atoms with Gasteiger partial charge in [-0.05, 0) is 39.9 Å². The average Bonchev–Trinajstić information content (AvgIpc) is 2.16. The molecule has 0 N–H and O–H groups in total. The largest absolute Gasteiger partial charge is 0.465 e. The van der Waals surface area contributed by atoms with E-state index >= 15 is 0 Å². The third-order valence-electron chi connectivity index (χ3n) is 1.43. The summed E-state index contributed by atoms with van der Waals surface area (Å²) in [6.07, 6.45) is 0. The molecule has 0 heterocycles. The average molecular weight is 282 g/mol. The number of carbonyl (C=O) groups excluding carboxylic acids is 1. The summed E-state index contributed by atoms with van der Waals surface area (Å²) in [6.45, 7) is 0. The first-order valence-corrected chi connectivity index (χ1v) is 5.79. The first kappa shape index (κ1) is 10.9. The lowest BCUT2D eigenvalue weighted by Crippen LogP contribution is -2.02. The van der Waals surface area contributed by atoms with Crippen molar-refractivity contribution in [2.75, 3.05) is 7.11 Å². The first-order valence-electron chi connectivity index (χ1n) is 3.35. The molecule has 13 heavy (non-hydrogen) atoms. The van der Waals surface area contributed by atoms with Crippen LogP contribution in [0.4, 0.5) is 0 Å². The molecule has 5 heteroatoms. The van der Waals surface area contributed by atoms with E-state index < -0.39 is 0 Å². The molecule has 0 aromatic heterocycles. The fourth-order valence-electron chi connectivity index (χ4n) is 0.839. The molecule has 1 rings (SSSR count). The Morgan fingerprint density at radius 3 is 2.85 bits per heavy atom. The zero-order chi connectivity index (χ0) is 9.84. The summed E-state index contributed by atoms with van der Waals surface area (Å²) in [6, 6.07) is 5.25. The molecular weight excluding hydrogens is 276 g/mol. The Morgan fingerprint density at radius 2 is 2.31 bits per heavy atom. The minimum absolute atomic E-state index is 0.385. The van der Waals surface area contributed by atoms with Crippen molar-refractivity contribution in [3.05, 3.63) is 28.2 Å². The van der Waals surface area contributed by atoms with E-state index in [9.17, 15) is 4.79 Å². The smallest absolute Gasteiger partial charge is 0.339 e. The van der Waals surface area contributed by atoms with Gasteiger partial charge in [-0.25, -0.2) is 4.79 Å². The monoisotopic (exact) mass is 280 g/mol. The van der Waals surface area contributed by atoms with Crippen LogP contribution in [-0.4, -0.2) is 13.1 Å². The van der Waals surface area contributed by atoms with Gasteiger partial charge in [-0.3, -0.25) is 0 Å². The second-order valence-electron chi connectivity index (χ2n) is 2.21. The Kier molecular flexibility index (Phi) is 4.09. The molecule has 0 unspecified atom stereocenters. The van der Waals surface area contributed by atoms with Gasteiger partial charge in [0.05, 0.1) is 12.7 Å². The lowest BCUT2D eigenvalue weighted by Gasteiger charge is -2.03. The number of rotatable bonds is 2. The third-order valence-corrected chi connectivity index (χ3v) is 2.94. The van der Waals surface area contributed by atoms with Crippen LogP contribution in [0.3, 0.4) is 0 Å². The summed E-state index contributed by atoms with van der Waals surface area (Å²) in [5.74, 6) is -0.385. The lowest BCUT2D eigenvalue weighted by molar-refractivity contribution is 0.0597. The standard InChI is InChI=1S/C8H6BrClO2S/c1-12-8(11)6-4-5(9)2-3-7(6)13-10/h2-4H,1H3. The highest BCUT2D eigenvalue weighted by atomic mass is 79.9. The molecule has 1 aromatic rings. The molecule has 0 radical (unpaired) electrons.